The van der Waals surface area contributed by atoms with Gasteiger partial charge in [0.05, 0.1) is 0 Å². The summed E-state index contributed by atoms with van der Waals surface area (Å²) >= 11 is 0. The Morgan fingerprint density at radius 1 is 0.909 bits per heavy atom. The first-order valence-corrected chi connectivity index (χ1v) is 5.36. The fraction of sp³-hybridized carbons (Fsp3) is 1.00. The van der Waals surface area contributed by atoms with Crippen LogP contribution in [0.2, 0.25) is 0 Å². The molecule has 62 valence electrons. The first-order valence-electron chi connectivity index (χ1n) is 5.36. The number of hydrogen-bond acceptors (Lipinski definition) is 0. The van der Waals surface area contributed by atoms with Crippen LogP contribution in [0.4, 0.5) is 0 Å². The van der Waals surface area contributed by atoms with Crippen molar-refractivity contribution in [1.82, 2.24) is 0 Å². The lowest BCUT2D eigenvalue weighted by atomic mass is 9.65. The van der Waals surface area contributed by atoms with Crippen molar-refractivity contribution in [1.29, 1.82) is 0 Å². The molecule has 0 radical (unpaired) electrons. The zero-order valence-electron chi connectivity index (χ0n) is 7.42. The average molecular weight is 150 g/mol. The Morgan fingerprint density at radius 3 is 2.64 bits per heavy atom. The van der Waals surface area contributed by atoms with E-state index in [1.54, 1.807) is 32.1 Å². The van der Waals surface area contributed by atoms with Gasteiger partial charge in [-0.2, -0.15) is 0 Å². The second kappa shape index (κ2) is 2.02. The third kappa shape index (κ3) is 0.711. The van der Waals surface area contributed by atoms with E-state index in [4.69, 9.17) is 0 Å². The van der Waals surface area contributed by atoms with Gasteiger partial charge >= 0.3 is 0 Å². The molecule has 3 saturated carbocycles. The van der Waals surface area contributed by atoms with Crippen LogP contribution < -0.4 is 0 Å². The van der Waals surface area contributed by atoms with Crippen molar-refractivity contribution in [2.75, 3.05) is 0 Å². The number of fused-ring (bicyclic) bond motifs is 3. The summed E-state index contributed by atoms with van der Waals surface area (Å²) in [5.74, 6) is 5.82. The van der Waals surface area contributed by atoms with Gasteiger partial charge in [-0.3, -0.25) is 0 Å². The fourth-order valence-electron chi connectivity index (χ4n) is 4.18. The van der Waals surface area contributed by atoms with Gasteiger partial charge in [-0.1, -0.05) is 19.8 Å². The van der Waals surface area contributed by atoms with E-state index in [9.17, 15) is 0 Å². The highest BCUT2D eigenvalue weighted by molar-refractivity contribution is 5.01. The van der Waals surface area contributed by atoms with Crippen LogP contribution in [0.3, 0.4) is 0 Å². The minimum absolute atomic E-state index is 1.09. The lowest BCUT2D eigenvalue weighted by Crippen LogP contribution is -2.33. The summed E-state index contributed by atoms with van der Waals surface area (Å²) in [7, 11) is 0. The van der Waals surface area contributed by atoms with Crippen LogP contribution in [0, 0.1) is 29.6 Å². The molecular formula is C11H18. The zero-order chi connectivity index (χ0) is 7.42. The van der Waals surface area contributed by atoms with Gasteiger partial charge in [0.1, 0.15) is 0 Å². The predicted octanol–water partition coefficient (Wildman–Crippen LogP) is 3.08. The van der Waals surface area contributed by atoms with Gasteiger partial charge in [0.25, 0.3) is 0 Å². The number of hydrogen-bond donors (Lipinski definition) is 0. The third-order valence-electron chi connectivity index (χ3n) is 4.77. The summed E-state index contributed by atoms with van der Waals surface area (Å²) in [5, 5.41) is 0. The molecule has 0 aromatic heterocycles. The molecule has 0 spiro atoms. The molecule has 0 amide bonds. The van der Waals surface area contributed by atoms with E-state index < -0.39 is 0 Å². The maximum atomic E-state index is 2.46. The largest absolute Gasteiger partial charge is 0.0622 e. The summed E-state index contributed by atoms with van der Waals surface area (Å²) < 4.78 is 0. The Hall–Kier alpha value is 0. The maximum absolute atomic E-state index is 2.46. The van der Waals surface area contributed by atoms with E-state index in [1.165, 1.54) is 23.7 Å². The molecule has 3 aliphatic carbocycles. The van der Waals surface area contributed by atoms with Crippen LogP contribution in [-0.4, -0.2) is 0 Å². The molecular weight excluding hydrogens is 132 g/mol. The molecule has 0 heteroatoms. The molecule has 0 aliphatic heterocycles. The van der Waals surface area contributed by atoms with E-state index in [-0.39, 0.29) is 0 Å². The van der Waals surface area contributed by atoms with Crippen molar-refractivity contribution in [2.24, 2.45) is 29.6 Å². The Bertz CT molecular complexity index is 173. The molecule has 0 heterocycles. The summed E-state index contributed by atoms with van der Waals surface area (Å²) in [6, 6.07) is 0. The van der Waals surface area contributed by atoms with Gasteiger partial charge < -0.3 is 0 Å². The van der Waals surface area contributed by atoms with Gasteiger partial charge in [-0.05, 0) is 48.9 Å². The molecule has 0 aromatic carbocycles. The van der Waals surface area contributed by atoms with E-state index in [0.717, 1.165) is 5.92 Å². The van der Waals surface area contributed by atoms with Gasteiger partial charge in [0.15, 0.2) is 0 Å². The smallest absolute Gasteiger partial charge is 0.0349 e. The third-order valence-corrected chi connectivity index (χ3v) is 4.77. The molecule has 0 aromatic rings. The fourth-order valence-corrected chi connectivity index (χ4v) is 4.18. The summed E-state index contributed by atoms with van der Waals surface area (Å²) in [5.41, 5.74) is 0. The van der Waals surface area contributed by atoms with Crippen LogP contribution >= 0.6 is 0 Å². The minimum atomic E-state index is 1.09. The topological polar surface area (TPSA) is 0 Å². The summed E-state index contributed by atoms with van der Waals surface area (Å²) in [6.45, 7) is 2.46. The van der Waals surface area contributed by atoms with E-state index in [0.29, 0.717) is 0 Å². The minimum Gasteiger partial charge on any atom is -0.0622 e. The Balaban J connectivity index is 1.81. The molecule has 11 heavy (non-hydrogen) atoms. The SMILES string of the molecule is CC1CC2C3CCCC3C[C@@H]12. The lowest BCUT2D eigenvalue weighted by molar-refractivity contribution is 0.0865. The Labute approximate surface area is 69.4 Å². The molecule has 3 rings (SSSR count). The second-order valence-corrected chi connectivity index (χ2v) is 5.13. The maximum Gasteiger partial charge on any atom is -0.0349 e. The molecule has 0 saturated heterocycles. The van der Waals surface area contributed by atoms with Crippen molar-refractivity contribution in [3.63, 3.8) is 0 Å². The molecule has 3 fully saturated rings. The highest BCUT2D eigenvalue weighted by atomic mass is 14.6. The summed E-state index contributed by atoms with van der Waals surface area (Å²) in [6.07, 6.45) is 7.89. The first-order chi connectivity index (χ1) is 5.36. The van der Waals surface area contributed by atoms with Gasteiger partial charge in [0.2, 0.25) is 0 Å². The van der Waals surface area contributed by atoms with Crippen molar-refractivity contribution in [3.05, 3.63) is 0 Å². The second-order valence-electron chi connectivity index (χ2n) is 5.13. The molecule has 0 nitrogen and oxygen atoms in total. The van der Waals surface area contributed by atoms with Crippen molar-refractivity contribution >= 4 is 0 Å². The summed E-state index contributed by atoms with van der Waals surface area (Å²) in [4.78, 5) is 0. The predicted molar refractivity (Wildman–Crippen MR) is 46.2 cm³/mol. The van der Waals surface area contributed by atoms with Crippen LogP contribution in [0.5, 0.6) is 0 Å². The molecule has 0 bridgehead atoms. The lowest BCUT2D eigenvalue weighted by Gasteiger charge is -2.40. The van der Waals surface area contributed by atoms with Crippen LogP contribution in [0.15, 0.2) is 0 Å². The van der Waals surface area contributed by atoms with Gasteiger partial charge in [0, 0.05) is 0 Å². The Morgan fingerprint density at radius 2 is 1.82 bits per heavy atom. The van der Waals surface area contributed by atoms with Crippen LogP contribution in [0.1, 0.15) is 39.0 Å². The van der Waals surface area contributed by atoms with Crippen molar-refractivity contribution in [3.8, 4) is 0 Å². The standard InChI is InChI=1S/C11H18/c1-7-5-11-9-4-2-3-8(9)6-10(7)11/h7-11H,2-6H2,1H3/t7?,8?,9?,10-,11?/m0/s1. The van der Waals surface area contributed by atoms with Crippen molar-refractivity contribution in [2.45, 2.75) is 39.0 Å². The van der Waals surface area contributed by atoms with Crippen LogP contribution in [-0.2, 0) is 0 Å². The average Bonchev–Trinajstić information content (AvgIpc) is 2.49. The van der Waals surface area contributed by atoms with Crippen LogP contribution in [0.25, 0.3) is 0 Å². The van der Waals surface area contributed by atoms with E-state index in [2.05, 4.69) is 6.92 Å². The Kier molecular flexibility index (Phi) is 1.20. The zero-order valence-corrected chi connectivity index (χ0v) is 7.42. The van der Waals surface area contributed by atoms with Crippen molar-refractivity contribution < 1.29 is 0 Å². The molecule has 0 N–H and O–H groups in total. The highest BCUT2D eigenvalue weighted by Gasteiger charge is 2.52. The molecule has 4 unspecified atom stereocenters. The van der Waals surface area contributed by atoms with Gasteiger partial charge in [-0.25, -0.2) is 0 Å². The highest BCUT2D eigenvalue weighted by Crippen LogP contribution is 2.61. The molecule has 3 aliphatic rings. The van der Waals surface area contributed by atoms with E-state index in [1.807, 2.05) is 0 Å². The number of rotatable bonds is 0. The monoisotopic (exact) mass is 150 g/mol. The quantitative estimate of drug-likeness (QED) is 0.498. The van der Waals surface area contributed by atoms with Gasteiger partial charge in [-0.15, -0.1) is 0 Å². The first kappa shape index (κ1) is 6.51. The molecule has 5 atom stereocenters. The van der Waals surface area contributed by atoms with E-state index >= 15 is 0 Å². The normalized spacial score (nSPS) is 60.3.